The van der Waals surface area contributed by atoms with Crippen molar-refractivity contribution in [1.82, 2.24) is 5.48 Å². The Morgan fingerprint density at radius 3 is 2.80 bits per heavy atom. The van der Waals surface area contributed by atoms with Gasteiger partial charge < -0.3 is 9.84 Å². The summed E-state index contributed by atoms with van der Waals surface area (Å²) in [5, 5.41) is 28.3. The van der Waals surface area contributed by atoms with Crippen LogP contribution < -0.4 is 10.2 Å². The fraction of sp³-hybridized carbons (Fsp3) is 0.429. The SMILES string of the molecule is CC(=N[C@@H]1c2cc(C#N)ccc2OC(C)(C)[C@H]1O)NO. The lowest BCUT2D eigenvalue weighted by Gasteiger charge is -2.40. The molecule has 0 unspecified atom stereocenters. The number of fused-ring (bicyclic) bond motifs is 1. The Balaban J connectivity index is 2.57. The minimum atomic E-state index is -0.896. The van der Waals surface area contributed by atoms with Crippen LogP contribution in [0, 0.1) is 11.3 Å². The Morgan fingerprint density at radius 2 is 2.20 bits per heavy atom. The van der Waals surface area contributed by atoms with Gasteiger partial charge in [0, 0.05) is 5.56 Å². The number of aliphatic imine (C=N–C) groups is 1. The molecule has 1 aromatic rings. The number of benzene rings is 1. The fourth-order valence-electron chi connectivity index (χ4n) is 2.21. The molecule has 20 heavy (non-hydrogen) atoms. The van der Waals surface area contributed by atoms with Crippen molar-refractivity contribution >= 4 is 5.84 Å². The third-order valence-corrected chi connectivity index (χ3v) is 3.34. The van der Waals surface area contributed by atoms with Crippen LogP contribution in [0.2, 0.25) is 0 Å². The maximum Gasteiger partial charge on any atom is 0.132 e. The van der Waals surface area contributed by atoms with Gasteiger partial charge in [-0.05, 0) is 39.0 Å². The smallest absolute Gasteiger partial charge is 0.132 e. The molecular weight excluding hydrogens is 258 g/mol. The number of aliphatic hydroxyl groups excluding tert-OH is 1. The highest BCUT2D eigenvalue weighted by Crippen LogP contribution is 2.42. The molecule has 0 fully saturated rings. The van der Waals surface area contributed by atoms with Crippen LogP contribution in [0.3, 0.4) is 0 Å². The van der Waals surface area contributed by atoms with E-state index in [1.807, 2.05) is 11.5 Å². The number of amidine groups is 1. The van der Waals surface area contributed by atoms with Crippen molar-refractivity contribution in [1.29, 1.82) is 5.26 Å². The van der Waals surface area contributed by atoms with Crippen molar-refractivity contribution in [3.05, 3.63) is 29.3 Å². The highest BCUT2D eigenvalue weighted by Gasteiger charge is 2.43. The number of hydroxylamine groups is 1. The topological polar surface area (TPSA) is 97.9 Å². The highest BCUT2D eigenvalue weighted by molar-refractivity contribution is 5.78. The minimum Gasteiger partial charge on any atom is -0.485 e. The fourth-order valence-corrected chi connectivity index (χ4v) is 2.21. The molecule has 0 saturated heterocycles. The van der Waals surface area contributed by atoms with E-state index >= 15 is 0 Å². The van der Waals surface area contributed by atoms with Gasteiger partial charge in [-0.3, -0.25) is 15.7 Å². The van der Waals surface area contributed by atoms with Gasteiger partial charge in [0.1, 0.15) is 29.3 Å². The van der Waals surface area contributed by atoms with E-state index in [1.54, 1.807) is 39.0 Å². The maximum atomic E-state index is 10.4. The summed E-state index contributed by atoms with van der Waals surface area (Å²) < 4.78 is 5.76. The number of hydrogen-bond acceptors (Lipinski definition) is 5. The van der Waals surface area contributed by atoms with Crippen molar-refractivity contribution in [3.63, 3.8) is 0 Å². The second-order valence-electron chi connectivity index (χ2n) is 5.29. The van der Waals surface area contributed by atoms with Crippen LogP contribution in [-0.4, -0.2) is 27.9 Å². The number of hydrogen-bond donors (Lipinski definition) is 3. The molecule has 1 aliphatic heterocycles. The van der Waals surface area contributed by atoms with Gasteiger partial charge in [0.2, 0.25) is 0 Å². The van der Waals surface area contributed by atoms with E-state index in [0.717, 1.165) is 0 Å². The zero-order chi connectivity index (χ0) is 14.9. The van der Waals surface area contributed by atoms with Crippen molar-refractivity contribution in [2.75, 3.05) is 0 Å². The van der Waals surface area contributed by atoms with E-state index in [9.17, 15) is 5.11 Å². The largest absolute Gasteiger partial charge is 0.485 e. The first-order valence-electron chi connectivity index (χ1n) is 6.24. The summed E-state index contributed by atoms with van der Waals surface area (Å²) in [5.74, 6) is 0.860. The second kappa shape index (κ2) is 5.12. The molecule has 0 bridgehead atoms. The van der Waals surface area contributed by atoms with Gasteiger partial charge in [0.15, 0.2) is 0 Å². The molecule has 1 aliphatic rings. The van der Waals surface area contributed by atoms with Gasteiger partial charge in [0.05, 0.1) is 11.6 Å². The van der Waals surface area contributed by atoms with Crippen LogP contribution in [0.1, 0.15) is 37.9 Å². The predicted molar refractivity (Wildman–Crippen MR) is 72.6 cm³/mol. The summed E-state index contributed by atoms with van der Waals surface area (Å²) in [4.78, 5) is 4.26. The average molecular weight is 275 g/mol. The predicted octanol–water partition coefficient (Wildman–Crippen LogP) is 1.53. The Bertz CT molecular complexity index is 590. The van der Waals surface area contributed by atoms with E-state index in [0.29, 0.717) is 16.9 Å². The molecule has 106 valence electrons. The molecule has 1 aromatic carbocycles. The lowest BCUT2D eigenvalue weighted by Crippen LogP contribution is -2.48. The molecule has 2 rings (SSSR count). The van der Waals surface area contributed by atoms with Crippen molar-refractivity contribution in [3.8, 4) is 11.8 Å². The molecule has 6 heteroatoms. The minimum absolute atomic E-state index is 0.278. The molecule has 0 saturated carbocycles. The number of rotatable bonds is 1. The maximum absolute atomic E-state index is 10.4. The third-order valence-electron chi connectivity index (χ3n) is 3.34. The summed E-state index contributed by atoms with van der Waals surface area (Å²) in [7, 11) is 0. The summed E-state index contributed by atoms with van der Waals surface area (Å²) >= 11 is 0. The lowest BCUT2D eigenvalue weighted by molar-refractivity contribution is -0.0568. The Hall–Kier alpha value is -2.10. The second-order valence-corrected chi connectivity index (χ2v) is 5.29. The quantitative estimate of drug-likeness (QED) is 0.410. The Kier molecular flexibility index (Phi) is 3.66. The van der Waals surface area contributed by atoms with Crippen LogP contribution in [0.15, 0.2) is 23.2 Å². The molecule has 0 spiro atoms. The van der Waals surface area contributed by atoms with Crippen LogP contribution in [0.25, 0.3) is 0 Å². The van der Waals surface area contributed by atoms with E-state index in [-0.39, 0.29) is 5.84 Å². The molecule has 3 N–H and O–H groups in total. The van der Waals surface area contributed by atoms with E-state index < -0.39 is 17.7 Å². The molecule has 0 aliphatic carbocycles. The van der Waals surface area contributed by atoms with Crippen molar-refractivity contribution in [2.45, 2.75) is 38.5 Å². The molecule has 0 amide bonds. The average Bonchev–Trinajstić information content (AvgIpc) is 2.43. The zero-order valence-corrected chi connectivity index (χ0v) is 11.6. The van der Waals surface area contributed by atoms with E-state index in [4.69, 9.17) is 15.2 Å². The summed E-state index contributed by atoms with van der Waals surface area (Å²) in [5.41, 5.74) is 2.23. The van der Waals surface area contributed by atoms with Crippen LogP contribution >= 0.6 is 0 Å². The molecule has 0 radical (unpaired) electrons. The van der Waals surface area contributed by atoms with E-state index in [1.165, 1.54) is 0 Å². The van der Waals surface area contributed by atoms with Crippen molar-refractivity contribution in [2.24, 2.45) is 4.99 Å². The third kappa shape index (κ3) is 2.46. The first-order chi connectivity index (χ1) is 9.39. The monoisotopic (exact) mass is 275 g/mol. The number of aliphatic hydroxyl groups is 1. The van der Waals surface area contributed by atoms with Gasteiger partial charge >= 0.3 is 0 Å². The molecule has 2 atom stereocenters. The molecule has 1 heterocycles. The summed E-state index contributed by atoms with van der Waals surface area (Å²) in [6, 6.07) is 6.44. The lowest BCUT2D eigenvalue weighted by atomic mass is 9.86. The number of ether oxygens (including phenoxy) is 1. The Morgan fingerprint density at radius 1 is 1.50 bits per heavy atom. The highest BCUT2D eigenvalue weighted by atomic mass is 16.5. The van der Waals surface area contributed by atoms with Crippen molar-refractivity contribution < 1.29 is 15.1 Å². The molecule has 6 nitrogen and oxygen atoms in total. The number of nitrogens with zero attached hydrogens (tertiary/aromatic N) is 2. The summed E-state index contributed by atoms with van der Waals surface area (Å²) in [6.07, 6.45) is -0.896. The Labute approximate surface area is 117 Å². The van der Waals surface area contributed by atoms with Gasteiger partial charge in [-0.1, -0.05) is 0 Å². The molecular formula is C14H17N3O3. The van der Waals surface area contributed by atoms with Crippen LogP contribution in [-0.2, 0) is 0 Å². The van der Waals surface area contributed by atoms with Crippen LogP contribution in [0.4, 0.5) is 0 Å². The zero-order valence-electron chi connectivity index (χ0n) is 11.6. The number of nitrogens with one attached hydrogen (secondary N) is 1. The first-order valence-corrected chi connectivity index (χ1v) is 6.24. The van der Waals surface area contributed by atoms with Gasteiger partial charge in [-0.15, -0.1) is 0 Å². The van der Waals surface area contributed by atoms with Gasteiger partial charge in [-0.25, -0.2) is 0 Å². The summed E-state index contributed by atoms with van der Waals surface area (Å²) in [6.45, 7) is 5.12. The normalized spacial score (nSPS) is 24.3. The first kappa shape index (κ1) is 14.3. The number of nitriles is 1. The van der Waals surface area contributed by atoms with Crippen LogP contribution in [0.5, 0.6) is 5.75 Å². The standard InChI is InChI=1S/C14H17N3O3/c1-8(17-19)16-12-10-6-9(7-15)4-5-11(10)20-14(2,3)13(12)18/h4-6,12-13,18-19H,1-3H3,(H,16,17)/t12-,13+/m1/s1. The van der Waals surface area contributed by atoms with E-state index in [2.05, 4.69) is 4.99 Å². The molecule has 0 aromatic heterocycles. The van der Waals surface area contributed by atoms with Gasteiger partial charge in [-0.2, -0.15) is 5.26 Å². The van der Waals surface area contributed by atoms with Gasteiger partial charge in [0.25, 0.3) is 0 Å².